The van der Waals surface area contributed by atoms with Crippen LogP contribution in [0.4, 0.5) is 0 Å². The first-order chi connectivity index (χ1) is 13.8. The molecule has 30 heavy (non-hydrogen) atoms. The third-order valence-electron chi connectivity index (χ3n) is 4.75. The van der Waals surface area contributed by atoms with Gasteiger partial charge in [-0.3, -0.25) is 0 Å². The van der Waals surface area contributed by atoms with Crippen molar-refractivity contribution in [3.63, 3.8) is 0 Å². The predicted octanol–water partition coefficient (Wildman–Crippen LogP) is 4.97. The number of sulfonamides is 1. The fourth-order valence-corrected chi connectivity index (χ4v) is 3.98. The minimum atomic E-state index is -3.99. The standard InChI is InChI=1S/C24H30N2O3S/c1-23(2,3)20-13-18(14-21(22(20)27)24(4,5)6)12-19(15-25)30(28,29)26-16-17-10-8-7-9-11-17/h7-14,26-27H,16H2,1-6H3/b19-12+. The van der Waals surface area contributed by atoms with Crippen LogP contribution in [-0.2, 0) is 27.4 Å². The van der Waals surface area contributed by atoms with E-state index < -0.39 is 10.0 Å². The molecule has 0 radical (unpaired) electrons. The Hall–Kier alpha value is -2.62. The van der Waals surface area contributed by atoms with Gasteiger partial charge in [-0.1, -0.05) is 71.9 Å². The van der Waals surface area contributed by atoms with Crippen molar-refractivity contribution in [3.05, 3.63) is 69.6 Å². The van der Waals surface area contributed by atoms with Crippen molar-refractivity contribution in [1.29, 1.82) is 5.26 Å². The van der Waals surface area contributed by atoms with E-state index in [1.807, 2.05) is 71.9 Å². The normalized spacial score (nSPS) is 13.2. The minimum Gasteiger partial charge on any atom is -0.507 e. The van der Waals surface area contributed by atoms with Gasteiger partial charge in [0.25, 0.3) is 10.0 Å². The summed E-state index contributed by atoms with van der Waals surface area (Å²) in [6.45, 7) is 12.0. The van der Waals surface area contributed by atoms with Crippen molar-refractivity contribution in [2.45, 2.75) is 58.9 Å². The predicted molar refractivity (Wildman–Crippen MR) is 121 cm³/mol. The maximum atomic E-state index is 12.7. The highest BCUT2D eigenvalue weighted by molar-refractivity contribution is 7.93. The highest BCUT2D eigenvalue weighted by Gasteiger charge is 2.27. The first-order valence-corrected chi connectivity index (χ1v) is 11.3. The summed E-state index contributed by atoms with van der Waals surface area (Å²) in [5.41, 5.74) is 2.05. The van der Waals surface area contributed by atoms with Gasteiger partial charge in [0.05, 0.1) is 0 Å². The Morgan fingerprint density at radius 2 is 1.53 bits per heavy atom. The second-order valence-electron chi connectivity index (χ2n) is 9.40. The first kappa shape index (κ1) is 23.7. The average molecular weight is 427 g/mol. The van der Waals surface area contributed by atoms with Gasteiger partial charge in [0.1, 0.15) is 11.8 Å². The Morgan fingerprint density at radius 1 is 1.03 bits per heavy atom. The average Bonchev–Trinajstić information content (AvgIpc) is 2.64. The summed E-state index contributed by atoms with van der Waals surface area (Å²) in [6, 6.07) is 14.4. The van der Waals surface area contributed by atoms with E-state index in [-0.39, 0.29) is 28.0 Å². The van der Waals surface area contributed by atoms with Crippen LogP contribution in [0.3, 0.4) is 0 Å². The number of phenolic OH excluding ortho intramolecular Hbond substituents is 1. The van der Waals surface area contributed by atoms with Crippen LogP contribution in [0.5, 0.6) is 5.75 Å². The summed E-state index contributed by atoms with van der Waals surface area (Å²) >= 11 is 0. The molecule has 0 atom stereocenters. The minimum absolute atomic E-state index is 0.0955. The van der Waals surface area contributed by atoms with E-state index in [0.717, 1.165) is 5.56 Å². The summed E-state index contributed by atoms with van der Waals surface area (Å²) in [5.74, 6) is 0.204. The lowest BCUT2D eigenvalue weighted by molar-refractivity contribution is 0.423. The van der Waals surface area contributed by atoms with Crippen LogP contribution >= 0.6 is 0 Å². The number of nitrogens with zero attached hydrogens (tertiary/aromatic N) is 1. The van der Waals surface area contributed by atoms with Gasteiger partial charge in [-0.05, 0) is 40.2 Å². The maximum absolute atomic E-state index is 12.7. The molecule has 0 saturated heterocycles. The Bertz CT molecular complexity index is 1050. The Morgan fingerprint density at radius 3 is 1.97 bits per heavy atom. The summed E-state index contributed by atoms with van der Waals surface area (Å²) in [6.07, 6.45) is 1.36. The highest BCUT2D eigenvalue weighted by atomic mass is 32.2. The van der Waals surface area contributed by atoms with Gasteiger partial charge in [-0.25, -0.2) is 13.1 Å². The van der Waals surface area contributed by atoms with Gasteiger partial charge in [-0.15, -0.1) is 0 Å². The molecule has 2 N–H and O–H groups in total. The molecule has 0 aliphatic heterocycles. The molecule has 160 valence electrons. The third-order valence-corrected chi connectivity index (χ3v) is 6.07. The molecule has 0 spiro atoms. The van der Waals surface area contributed by atoms with Gasteiger partial charge in [-0.2, -0.15) is 5.26 Å². The summed E-state index contributed by atoms with van der Waals surface area (Å²) < 4.78 is 27.9. The number of benzene rings is 2. The lowest BCUT2D eigenvalue weighted by Crippen LogP contribution is -2.24. The van der Waals surface area contributed by atoms with Crippen LogP contribution in [0.2, 0.25) is 0 Å². The molecule has 6 heteroatoms. The van der Waals surface area contributed by atoms with Crippen LogP contribution in [0, 0.1) is 11.3 Å². The van der Waals surface area contributed by atoms with Crippen LogP contribution in [-0.4, -0.2) is 13.5 Å². The molecular weight excluding hydrogens is 396 g/mol. The van der Waals surface area contributed by atoms with Crippen LogP contribution < -0.4 is 4.72 Å². The second kappa shape index (κ2) is 8.63. The lowest BCUT2D eigenvalue weighted by Gasteiger charge is -2.28. The quantitative estimate of drug-likeness (QED) is 0.660. The second-order valence-corrected chi connectivity index (χ2v) is 11.1. The molecule has 0 heterocycles. The van der Waals surface area contributed by atoms with Crippen molar-refractivity contribution in [2.75, 3.05) is 0 Å². The molecule has 2 aromatic rings. The van der Waals surface area contributed by atoms with E-state index in [4.69, 9.17) is 0 Å². The van der Waals surface area contributed by atoms with E-state index in [2.05, 4.69) is 4.72 Å². The van der Waals surface area contributed by atoms with E-state index >= 15 is 0 Å². The smallest absolute Gasteiger partial charge is 0.251 e. The van der Waals surface area contributed by atoms with Gasteiger partial charge in [0.2, 0.25) is 0 Å². The number of phenols is 1. The van der Waals surface area contributed by atoms with E-state index in [9.17, 15) is 18.8 Å². The fraction of sp³-hybridized carbons (Fsp3) is 0.375. The summed E-state index contributed by atoms with van der Waals surface area (Å²) in [7, 11) is -3.99. The van der Waals surface area contributed by atoms with Crippen molar-refractivity contribution in [3.8, 4) is 11.8 Å². The molecule has 2 aromatic carbocycles. The molecule has 0 bridgehead atoms. The molecule has 0 fully saturated rings. The molecule has 0 amide bonds. The Labute approximate surface area is 180 Å². The summed E-state index contributed by atoms with van der Waals surface area (Å²) in [5, 5.41) is 20.4. The maximum Gasteiger partial charge on any atom is 0.251 e. The Kier molecular flexibility index (Phi) is 6.80. The van der Waals surface area contributed by atoms with Gasteiger partial charge >= 0.3 is 0 Å². The van der Waals surface area contributed by atoms with Crippen molar-refractivity contribution >= 4 is 16.1 Å². The highest BCUT2D eigenvalue weighted by Crippen LogP contribution is 2.40. The number of nitrogens with one attached hydrogen (secondary N) is 1. The molecule has 0 saturated carbocycles. The van der Waals surface area contributed by atoms with Gasteiger partial charge in [0, 0.05) is 17.7 Å². The van der Waals surface area contributed by atoms with Crippen LogP contribution in [0.1, 0.15) is 63.8 Å². The van der Waals surface area contributed by atoms with Gasteiger partial charge < -0.3 is 5.11 Å². The number of allylic oxidation sites excluding steroid dienone is 1. The lowest BCUT2D eigenvalue weighted by atomic mass is 9.78. The summed E-state index contributed by atoms with van der Waals surface area (Å²) in [4.78, 5) is -0.371. The van der Waals surface area contributed by atoms with Crippen LogP contribution in [0.15, 0.2) is 47.4 Å². The number of nitriles is 1. The van der Waals surface area contributed by atoms with Crippen molar-refractivity contribution in [2.24, 2.45) is 0 Å². The zero-order chi connectivity index (χ0) is 22.7. The van der Waals surface area contributed by atoms with Crippen LogP contribution in [0.25, 0.3) is 6.08 Å². The number of aromatic hydroxyl groups is 1. The zero-order valence-corrected chi connectivity index (χ0v) is 19.3. The molecule has 0 aliphatic rings. The van der Waals surface area contributed by atoms with Crippen molar-refractivity contribution < 1.29 is 13.5 Å². The SMILES string of the molecule is CC(C)(C)c1cc(/C=C(\C#N)S(=O)(=O)NCc2ccccc2)cc(C(C)(C)C)c1O. The number of hydrogen-bond acceptors (Lipinski definition) is 4. The van der Waals surface area contributed by atoms with E-state index in [1.165, 1.54) is 6.08 Å². The zero-order valence-electron chi connectivity index (χ0n) is 18.4. The molecule has 0 aliphatic carbocycles. The fourth-order valence-electron chi connectivity index (χ4n) is 3.06. The van der Waals surface area contributed by atoms with E-state index in [0.29, 0.717) is 16.7 Å². The number of rotatable bonds is 5. The molecule has 0 unspecified atom stereocenters. The van der Waals surface area contributed by atoms with Crippen molar-refractivity contribution in [1.82, 2.24) is 4.72 Å². The largest absolute Gasteiger partial charge is 0.507 e. The van der Waals surface area contributed by atoms with E-state index in [1.54, 1.807) is 18.2 Å². The first-order valence-electron chi connectivity index (χ1n) is 9.79. The topological polar surface area (TPSA) is 90.2 Å². The number of hydrogen-bond donors (Lipinski definition) is 2. The molecule has 0 aromatic heterocycles. The monoisotopic (exact) mass is 426 g/mol. The third kappa shape index (κ3) is 5.71. The molecule has 2 rings (SSSR count). The van der Waals surface area contributed by atoms with Gasteiger partial charge in [0.15, 0.2) is 4.91 Å². The Balaban J connectivity index is 2.51. The molecular formula is C24H30N2O3S. The molecule has 5 nitrogen and oxygen atoms in total.